The molecule has 0 fully saturated rings. The molecule has 0 heterocycles. The summed E-state index contributed by atoms with van der Waals surface area (Å²) >= 11 is 0. The molecule has 2 atom stereocenters. The van der Waals surface area contributed by atoms with Crippen LogP contribution in [0, 0.1) is 5.41 Å². The van der Waals surface area contributed by atoms with E-state index in [1.54, 1.807) is 0 Å². The minimum atomic E-state index is -0.159. The molecule has 1 amide bonds. The lowest BCUT2D eigenvalue weighted by molar-refractivity contribution is -0.123. The molecule has 0 bridgehead atoms. The summed E-state index contributed by atoms with van der Waals surface area (Å²) < 4.78 is 0. The van der Waals surface area contributed by atoms with Gasteiger partial charge in [0.15, 0.2) is 0 Å². The van der Waals surface area contributed by atoms with E-state index < -0.39 is 0 Å². The fourth-order valence-corrected chi connectivity index (χ4v) is 1.07. The van der Waals surface area contributed by atoms with Gasteiger partial charge in [-0.05, 0) is 11.8 Å². The molecular weight excluding hydrogens is 192 g/mol. The molecule has 4 nitrogen and oxygen atoms in total. The Hall–Kier alpha value is -0.610. The molecule has 90 valence electrons. The summed E-state index contributed by atoms with van der Waals surface area (Å²) in [5.74, 6) is -0.0849. The summed E-state index contributed by atoms with van der Waals surface area (Å²) in [6, 6.07) is -0.307. The van der Waals surface area contributed by atoms with Gasteiger partial charge < -0.3 is 16.2 Å². The first-order chi connectivity index (χ1) is 6.81. The lowest BCUT2D eigenvalue weighted by Gasteiger charge is -2.27. The van der Waals surface area contributed by atoms with Crippen molar-refractivity contribution in [3.63, 3.8) is 0 Å². The van der Waals surface area contributed by atoms with Gasteiger partial charge in [-0.25, -0.2) is 0 Å². The first-order valence-corrected chi connectivity index (χ1v) is 5.47. The lowest BCUT2D eigenvalue weighted by Crippen LogP contribution is -2.43. The van der Waals surface area contributed by atoms with Crippen molar-refractivity contribution in [3.05, 3.63) is 0 Å². The molecule has 15 heavy (non-hydrogen) atoms. The maximum atomic E-state index is 11.5. The highest BCUT2D eigenvalue weighted by atomic mass is 16.3. The molecule has 0 aromatic heterocycles. The second-order valence-electron chi connectivity index (χ2n) is 5.03. The smallest absolute Gasteiger partial charge is 0.221 e. The fraction of sp³-hybridized carbons (Fsp3) is 0.909. The molecule has 4 N–H and O–H groups in total. The van der Waals surface area contributed by atoms with Gasteiger partial charge in [0.1, 0.15) is 0 Å². The van der Waals surface area contributed by atoms with Crippen LogP contribution in [0.2, 0.25) is 0 Å². The maximum absolute atomic E-state index is 11.5. The van der Waals surface area contributed by atoms with E-state index in [4.69, 9.17) is 10.8 Å². The van der Waals surface area contributed by atoms with Gasteiger partial charge >= 0.3 is 0 Å². The molecule has 0 saturated carbocycles. The molecule has 0 aliphatic carbocycles. The predicted molar refractivity (Wildman–Crippen MR) is 61.4 cm³/mol. The number of hydrogen-bond donors (Lipinski definition) is 3. The highest BCUT2D eigenvalue weighted by molar-refractivity contribution is 5.77. The highest BCUT2D eigenvalue weighted by Gasteiger charge is 2.23. The van der Waals surface area contributed by atoms with Crippen LogP contribution in [-0.4, -0.2) is 29.7 Å². The molecule has 0 aliphatic heterocycles. The SMILES string of the molecule is CC[C@@H](CO)NC(=O)CC(N)C(C)(C)C. The Balaban J connectivity index is 4.04. The summed E-state index contributed by atoms with van der Waals surface area (Å²) in [5, 5.41) is 11.7. The van der Waals surface area contributed by atoms with E-state index in [9.17, 15) is 4.79 Å². The topological polar surface area (TPSA) is 75.3 Å². The van der Waals surface area contributed by atoms with Crippen LogP contribution in [0.5, 0.6) is 0 Å². The predicted octanol–water partition coefficient (Wildman–Crippen LogP) is 0.637. The molecule has 0 aromatic rings. The lowest BCUT2D eigenvalue weighted by atomic mass is 9.85. The van der Waals surface area contributed by atoms with Crippen LogP contribution < -0.4 is 11.1 Å². The average Bonchev–Trinajstić information content (AvgIpc) is 2.12. The number of carbonyl (C=O) groups is 1. The van der Waals surface area contributed by atoms with Gasteiger partial charge in [-0.3, -0.25) is 4.79 Å². The summed E-state index contributed by atoms with van der Waals surface area (Å²) in [6.07, 6.45) is 1.03. The van der Waals surface area contributed by atoms with Crippen molar-refractivity contribution in [3.8, 4) is 0 Å². The Morgan fingerprint density at radius 3 is 2.33 bits per heavy atom. The largest absolute Gasteiger partial charge is 0.394 e. The summed E-state index contributed by atoms with van der Waals surface area (Å²) in [6.45, 7) is 7.93. The standard InChI is InChI=1S/C11H24N2O2/c1-5-8(7-14)13-10(15)6-9(12)11(2,3)4/h8-9,14H,5-7,12H2,1-4H3,(H,13,15)/t8-,9?/m0/s1. The Labute approximate surface area is 92.2 Å². The third-order valence-corrected chi connectivity index (χ3v) is 2.60. The van der Waals surface area contributed by atoms with E-state index >= 15 is 0 Å². The summed E-state index contributed by atoms with van der Waals surface area (Å²) in [7, 11) is 0. The first-order valence-electron chi connectivity index (χ1n) is 5.47. The number of rotatable bonds is 5. The van der Waals surface area contributed by atoms with Crippen LogP contribution >= 0.6 is 0 Å². The van der Waals surface area contributed by atoms with E-state index in [0.717, 1.165) is 6.42 Å². The van der Waals surface area contributed by atoms with Gasteiger partial charge in [-0.15, -0.1) is 0 Å². The second-order valence-corrected chi connectivity index (χ2v) is 5.03. The van der Waals surface area contributed by atoms with Gasteiger partial charge in [0.2, 0.25) is 5.91 Å². The van der Waals surface area contributed by atoms with Gasteiger partial charge in [-0.2, -0.15) is 0 Å². The minimum Gasteiger partial charge on any atom is -0.394 e. The number of hydrogen-bond acceptors (Lipinski definition) is 3. The van der Waals surface area contributed by atoms with Crippen molar-refractivity contribution in [1.29, 1.82) is 0 Å². The molecule has 1 unspecified atom stereocenters. The van der Waals surface area contributed by atoms with Crippen LogP contribution in [0.15, 0.2) is 0 Å². The van der Waals surface area contributed by atoms with Crippen molar-refractivity contribution in [1.82, 2.24) is 5.32 Å². The van der Waals surface area contributed by atoms with E-state index in [1.807, 2.05) is 27.7 Å². The zero-order chi connectivity index (χ0) is 12.1. The van der Waals surface area contributed by atoms with Crippen molar-refractivity contribution in [2.24, 2.45) is 11.1 Å². The molecular formula is C11H24N2O2. The molecule has 0 spiro atoms. The number of aliphatic hydroxyl groups is 1. The van der Waals surface area contributed by atoms with Crippen LogP contribution in [0.4, 0.5) is 0 Å². The number of carbonyl (C=O) groups excluding carboxylic acids is 1. The van der Waals surface area contributed by atoms with Crippen LogP contribution in [0.1, 0.15) is 40.5 Å². The van der Waals surface area contributed by atoms with E-state index in [-0.39, 0.29) is 30.0 Å². The summed E-state index contributed by atoms with van der Waals surface area (Å²) in [4.78, 5) is 11.5. The van der Waals surface area contributed by atoms with Crippen molar-refractivity contribution in [2.75, 3.05) is 6.61 Å². The molecule has 0 saturated heterocycles. The van der Waals surface area contributed by atoms with Gasteiger partial charge in [0.25, 0.3) is 0 Å². The molecule has 0 aliphatic rings. The Morgan fingerprint density at radius 2 is 2.00 bits per heavy atom. The van der Waals surface area contributed by atoms with Crippen molar-refractivity contribution >= 4 is 5.91 Å². The van der Waals surface area contributed by atoms with Gasteiger partial charge in [0, 0.05) is 12.5 Å². The van der Waals surface area contributed by atoms with Crippen molar-refractivity contribution < 1.29 is 9.90 Å². The monoisotopic (exact) mass is 216 g/mol. The van der Waals surface area contributed by atoms with E-state index in [0.29, 0.717) is 6.42 Å². The van der Waals surface area contributed by atoms with Crippen LogP contribution in [0.25, 0.3) is 0 Å². The maximum Gasteiger partial charge on any atom is 0.221 e. The first kappa shape index (κ1) is 14.4. The van der Waals surface area contributed by atoms with Gasteiger partial charge in [-0.1, -0.05) is 27.7 Å². The molecule has 0 radical (unpaired) electrons. The number of amides is 1. The minimum absolute atomic E-state index is 0.0208. The second kappa shape index (κ2) is 6.08. The fourth-order valence-electron chi connectivity index (χ4n) is 1.07. The Kier molecular flexibility index (Phi) is 5.83. The number of aliphatic hydroxyl groups excluding tert-OH is 1. The summed E-state index contributed by atoms with van der Waals surface area (Å²) in [5.41, 5.74) is 5.82. The zero-order valence-corrected chi connectivity index (χ0v) is 10.2. The average molecular weight is 216 g/mol. The Morgan fingerprint density at radius 1 is 1.47 bits per heavy atom. The molecule has 4 heteroatoms. The molecule has 0 rings (SSSR count). The molecule has 0 aromatic carbocycles. The zero-order valence-electron chi connectivity index (χ0n) is 10.2. The normalized spacial score (nSPS) is 15.9. The quantitative estimate of drug-likeness (QED) is 0.631. The van der Waals surface area contributed by atoms with E-state index in [1.165, 1.54) is 0 Å². The number of nitrogens with one attached hydrogen (secondary N) is 1. The third kappa shape index (κ3) is 5.74. The number of nitrogens with two attached hydrogens (primary N) is 1. The van der Waals surface area contributed by atoms with Gasteiger partial charge in [0.05, 0.1) is 12.6 Å². The Bertz CT molecular complexity index is 195. The highest BCUT2D eigenvalue weighted by Crippen LogP contribution is 2.19. The van der Waals surface area contributed by atoms with Crippen molar-refractivity contribution in [2.45, 2.75) is 52.6 Å². The van der Waals surface area contributed by atoms with Crippen LogP contribution in [0.3, 0.4) is 0 Å². The van der Waals surface area contributed by atoms with Crippen LogP contribution in [-0.2, 0) is 4.79 Å². The third-order valence-electron chi connectivity index (χ3n) is 2.60. The van der Waals surface area contributed by atoms with E-state index in [2.05, 4.69) is 5.32 Å².